The van der Waals surface area contributed by atoms with Crippen molar-refractivity contribution in [1.29, 1.82) is 0 Å². The fourth-order valence-corrected chi connectivity index (χ4v) is 2.50. The lowest BCUT2D eigenvalue weighted by Gasteiger charge is -2.24. The fraction of sp³-hybridized carbons (Fsp3) is 0.750. The lowest BCUT2D eigenvalue weighted by Crippen LogP contribution is -2.15. The van der Waals surface area contributed by atoms with Crippen LogP contribution in [0.4, 0.5) is 5.82 Å². The molecular formula is C16H25N3O. The lowest BCUT2D eigenvalue weighted by atomic mass is 9.83. The highest BCUT2D eigenvalue weighted by molar-refractivity contribution is 5.39. The molecule has 1 heterocycles. The molecule has 0 radical (unpaired) electrons. The van der Waals surface area contributed by atoms with Crippen molar-refractivity contribution in [2.24, 2.45) is 5.92 Å². The van der Waals surface area contributed by atoms with E-state index in [1.807, 2.05) is 6.07 Å². The minimum absolute atomic E-state index is 0.562. The highest BCUT2D eigenvalue weighted by Gasteiger charge is 2.27. The van der Waals surface area contributed by atoms with E-state index in [4.69, 9.17) is 4.74 Å². The van der Waals surface area contributed by atoms with Crippen molar-refractivity contribution in [2.75, 3.05) is 18.5 Å². The third-order valence-electron chi connectivity index (χ3n) is 4.22. The second kappa shape index (κ2) is 6.42. The van der Waals surface area contributed by atoms with Crippen LogP contribution in [-0.4, -0.2) is 23.1 Å². The fourth-order valence-electron chi connectivity index (χ4n) is 2.50. The van der Waals surface area contributed by atoms with Crippen molar-refractivity contribution in [3.05, 3.63) is 11.9 Å². The summed E-state index contributed by atoms with van der Waals surface area (Å²) < 4.78 is 5.86. The van der Waals surface area contributed by atoms with E-state index in [0.29, 0.717) is 5.92 Å². The molecule has 0 unspecified atom stereocenters. The van der Waals surface area contributed by atoms with Crippen LogP contribution in [0.5, 0.6) is 5.88 Å². The van der Waals surface area contributed by atoms with Crippen LogP contribution < -0.4 is 10.1 Å². The molecule has 110 valence electrons. The van der Waals surface area contributed by atoms with Crippen LogP contribution >= 0.6 is 0 Å². The van der Waals surface area contributed by atoms with Gasteiger partial charge in [0.15, 0.2) is 0 Å². The first kappa shape index (κ1) is 13.7. The van der Waals surface area contributed by atoms with Crippen LogP contribution in [0.1, 0.15) is 63.6 Å². The van der Waals surface area contributed by atoms with Gasteiger partial charge in [-0.3, -0.25) is 0 Å². The predicted molar refractivity (Wildman–Crippen MR) is 80.2 cm³/mol. The van der Waals surface area contributed by atoms with Gasteiger partial charge in [-0.25, -0.2) is 4.98 Å². The van der Waals surface area contributed by atoms with E-state index in [2.05, 4.69) is 22.2 Å². The van der Waals surface area contributed by atoms with Crippen LogP contribution in [0.3, 0.4) is 0 Å². The molecular weight excluding hydrogens is 250 g/mol. The molecule has 1 aromatic rings. The van der Waals surface area contributed by atoms with Gasteiger partial charge >= 0.3 is 0 Å². The Labute approximate surface area is 121 Å². The second-order valence-electron chi connectivity index (χ2n) is 6.08. The second-order valence-corrected chi connectivity index (χ2v) is 6.08. The molecule has 1 aromatic heterocycles. The summed E-state index contributed by atoms with van der Waals surface area (Å²) >= 11 is 0. The molecule has 2 aliphatic carbocycles. The molecule has 4 heteroatoms. The number of anilines is 1. The third-order valence-corrected chi connectivity index (χ3v) is 4.22. The Bertz CT molecular complexity index is 441. The Morgan fingerprint density at radius 1 is 1.25 bits per heavy atom. The topological polar surface area (TPSA) is 47.0 Å². The van der Waals surface area contributed by atoms with Crippen molar-refractivity contribution in [1.82, 2.24) is 9.97 Å². The van der Waals surface area contributed by atoms with Gasteiger partial charge < -0.3 is 10.1 Å². The van der Waals surface area contributed by atoms with Gasteiger partial charge in [0.1, 0.15) is 11.6 Å². The summed E-state index contributed by atoms with van der Waals surface area (Å²) in [5.41, 5.74) is 0. The average Bonchev–Trinajstić information content (AvgIpc) is 3.23. The molecule has 2 aliphatic rings. The number of aromatic nitrogens is 2. The zero-order valence-corrected chi connectivity index (χ0v) is 12.4. The Morgan fingerprint density at radius 3 is 2.75 bits per heavy atom. The maximum Gasteiger partial charge on any atom is 0.218 e. The van der Waals surface area contributed by atoms with E-state index in [-0.39, 0.29) is 0 Å². The minimum Gasteiger partial charge on any atom is -0.478 e. The molecule has 3 rings (SSSR count). The van der Waals surface area contributed by atoms with Gasteiger partial charge in [0.25, 0.3) is 0 Å². The molecule has 2 fully saturated rings. The van der Waals surface area contributed by atoms with Gasteiger partial charge in [-0.1, -0.05) is 26.2 Å². The van der Waals surface area contributed by atoms with Gasteiger partial charge in [-0.2, -0.15) is 4.98 Å². The minimum atomic E-state index is 0.562. The molecule has 20 heavy (non-hydrogen) atoms. The Balaban J connectivity index is 1.59. The summed E-state index contributed by atoms with van der Waals surface area (Å²) in [6, 6.07) is 1.95. The maximum absolute atomic E-state index is 5.86. The number of nitrogens with one attached hydrogen (secondary N) is 1. The van der Waals surface area contributed by atoms with E-state index < -0.39 is 0 Å². The first-order valence-corrected chi connectivity index (χ1v) is 8.11. The van der Waals surface area contributed by atoms with E-state index >= 15 is 0 Å². The number of hydrogen-bond acceptors (Lipinski definition) is 4. The van der Waals surface area contributed by atoms with E-state index in [0.717, 1.165) is 43.0 Å². The largest absolute Gasteiger partial charge is 0.478 e. The standard InChI is InChI=1S/C16H25N3O/c1-2-9-17-14-11-15(19-16(18-14)13-6-7-13)20-10-8-12-4-3-5-12/h11-13H,2-10H2,1H3,(H,17,18,19). The number of nitrogens with zero attached hydrogens (tertiary/aromatic N) is 2. The molecule has 2 saturated carbocycles. The summed E-state index contributed by atoms with van der Waals surface area (Å²) in [5, 5.41) is 3.35. The zero-order valence-electron chi connectivity index (χ0n) is 12.4. The van der Waals surface area contributed by atoms with E-state index in [1.54, 1.807) is 0 Å². The molecule has 4 nitrogen and oxygen atoms in total. The van der Waals surface area contributed by atoms with Crippen LogP contribution in [0.2, 0.25) is 0 Å². The molecule has 0 bridgehead atoms. The Hall–Kier alpha value is -1.32. The van der Waals surface area contributed by atoms with E-state index in [9.17, 15) is 0 Å². The number of ether oxygens (including phenoxy) is 1. The van der Waals surface area contributed by atoms with Gasteiger partial charge in [-0.15, -0.1) is 0 Å². The number of rotatable bonds is 8. The van der Waals surface area contributed by atoms with E-state index in [1.165, 1.54) is 38.5 Å². The summed E-state index contributed by atoms with van der Waals surface area (Å²) in [6.45, 7) is 3.90. The van der Waals surface area contributed by atoms with Gasteiger partial charge in [-0.05, 0) is 31.6 Å². The van der Waals surface area contributed by atoms with Crippen LogP contribution in [0.15, 0.2) is 6.07 Å². The third kappa shape index (κ3) is 3.62. The Morgan fingerprint density at radius 2 is 2.10 bits per heavy atom. The van der Waals surface area contributed by atoms with Gasteiger partial charge in [0.05, 0.1) is 6.61 Å². The normalized spacial score (nSPS) is 18.6. The first-order valence-electron chi connectivity index (χ1n) is 8.11. The summed E-state index contributed by atoms with van der Waals surface area (Å²) in [5.74, 6) is 4.08. The molecule has 0 aromatic carbocycles. The van der Waals surface area contributed by atoms with Crippen molar-refractivity contribution in [3.8, 4) is 5.88 Å². The molecule has 0 spiro atoms. The first-order chi connectivity index (χ1) is 9.85. The molecule has 0 aliphatic heterocycles. The summed E-state index contributed by atoms with van der Waals surface area (Å²) in [4.78, 5) is 9.17. The van der Waals surface area contributed by atoms with Crippen molar-refractivity contribution >= 4 is 5.82 Å². The smallest absolute Gasteiger partial charge is 0.218 e. The van der Waals surface area contributed by atoms with Crippen LogP contribution in [0.25, 0.3) is 0 Å². The Kier molecular flexibility index (Phi) is 4.38. The van der Waals surface area contributed by atoms with Crippen molar-refractivity contribution in [3.63, 3.8) is 0 Å². The lowest BCUT2D eigenvalue weighted by molar-refractivity contribution is 0.217. The highest BCUT2D eigenvalue weighted by Crippen LogP contribution is 2.39. The molecule has 0 amide bonds. The zero-order chi connectivity index (χ0) is 13.8. The predicted octanol–water partition coefficient (Wildman–Crippen LogP) is 3.74. The number of hydrogen-bond donors (Lipinski definition) is 1. The monoisotopic (exact) mass is 275 g/mol. The van der Waals surface area contributed by atoms with Crippen molar-refractivity contribution < 1.29 is 4.74 Å². The molecule has 0 atom stereocenters. The van der Waals surface area contributed by atoms with Gasteiger partial charge in [0.2, 0.25) is 5.88 Å². The van der Waals surface area contributed by atoms with Crippen LogP contribution in [-0.2, 0) is 0 Å². The average molecular weight is 275 g/mol. The van der Waals surface area contributed by atoms with Crippen molar-refractivity contribution in [2.45, 2.75) is 57.8 Å². The summed E-state index contributed by atoms with van der Waals surface area (Å²) in [6.07, 6.45) is 8.86. The maximum atomic E-state index is 5.86. The SMILES string of the molecule is CCCNc1cc(OCCC2CCC2)nc(C2CC2)n1. The quantitative estimate of drug-likeness (QED) is 0.785. The molecule has 1 N–H and O–H groups in total. The summed E-state index contributed by atoms with van der Waals surface area (Å²) in [7, 11) is 0. The van der Waals surface area contributed by atoms with Crippen LogP contribution in [0, 0.1) is 5.92 Å². The molecule has 0 saturated heterocycles. The van der Waals surface area contributed by atoms with Gasteiger partial charge in [0, 0.05) is 18.5 Å². The highest BCUT2D eigenvalue weighted by atomic mass is 16.5.